The van der Waals surface area contributed by atoms with Crippen molar-refractivity contribution < 1.29 is 16.7 Å². The first-order valence-electron chi connectivity index (χ1n) is 2.81. The SMILES string of the molecule is O=S(=O)(F)c1ccc(F)cc1Br. The molecule has 1 aromatic rings. The monoisotopic (exact) mass is 256 g/mol. The molecule has 2 nitrogen and oxygen atoms in total. The summed E-state index contributed by atoms with van der Waals surface area (Å²) in [5.74, 6) is -0.630. The van der Waals surface area contributed by atoms with E-state index >= 15 is 0 Å². The summed E-state index contributed by atoms with van der Waals surface area (Å²) in [6.07, 6.45) is 0. The van der Waals surface area contributed by atoms with Crippen LogP contribution in [-0.2, 0) is 10.2 Å². The molecule has 0 unspecified atom stereocenters. The van der Waals surface area contributed by atoms with E-state index in [1.54, 1.807) is 0 Å². The number of hydrogen-bond donors (Lipinski definition) is 0. The van der Waals surface area contributed by atoms with Gasteiger partial charge in [-0.1, -0.05) is 0 Å². The molecule has 0 amide bonds. The van der Waals surface area contributed by atoms with Gasteiger partial charge in [-0.3, -0.25) is 0 Å². The van der Waals surface area contributed by atoms with Crippen LogP contribution in [0, 0.1) is 5.82 Å². The van der Waals surface area contributed by atoms with Crippen molar-refractivity contribution in [1.29, 1.82) is 0 Å². The third-order valence-electron chi connectivity index (χ3n) is 1.16. The minimum Gasteiger partial charge on any atom is -0.207 e. The van der Waals surface area contributed by atoms with Crippen LogP contribution in [0.15, 0.2) is 27.6 Å². The van der Waals surface area contributed by atoms with Crippen LogP contribution in [-0.4, -0.2) is 8.42 Å². The minimum absolute atomic E-state index is 0.120. The zero-order valence-electron chi connectivity index (χ0n) is 5.59. The summed E-state index contributed by atoms with van der Waals surface area (Å²) in [5, 5.41) is 0. The highest BCUT2D eigenvalue weighted by atomic mass is 79.9. The van der Waals surface area contributed by atoms with Crippen molar-refractivity contribution in [3.63, 3.8) is 0 Å². The second-order valence-electron chi connectivity index (χ2n) is 2.01. The molecule has 12 heavy (non-hydrogen) atoms. The zero-order valence-corrected chi connectivity index (χ0v) is 7.99. The van der Waals surface area contributed by atoms with Crippen molar-refractivity contribution in [3.8, 4) is 0 Å². The van der Waals surface area contributed by atoms with Gasteiger partial charge in [-0.05, 0) is 34.1 Å². The fraction of sp³-hybridized carbons (Fsp3) is 0. The lowest BCUT2D eigenvalue weighted by atomic mass is 10.3. The van der Waals surface area contributed by atoms with E-state index < -0.39 is 20.9 Å². The van der Waals surface area contributed by atoms with Gasteiger partial charge in [0, 0.05) is 4.47 Å². The molecule has 0 aliphatic heterocycles. The second-order valence-corrected chi connectivity index (χ2v) is 4.18. The van der Waals surface area contributed by atoms with Gasteiger partial charge in [0.05, 0.1) is 0 Å². The van der Waals surface area contributed by atoms with Crippen molar-refractivity contribution in [3.05, 3.63) is 28.5 Å². The highest BCUT2D eigenvalue weighted by Gasteiger charge is 2.15. The van der Waals surface area contributed by atoms with Crippen LogP contribution in [0.25, 0.3) is 0 Å². The molecule has 0 radical (unpaired) electrons. The van der Waals surface area contributed by atoms with Gasteiger partial charge < -0.3 is 0 Å². The van der Waals surface area contributed by atoms with E-state index in [4.69, 9.17) is 0 Å². The minimum atomic E-state index is -4.76. The van der Waals surface area contributed by atoms with Gasteiger partial charge in [0.25, 0.3) is 0 Å². The van der Waals surface area contributed by atoms with E-state index in [0.29, 0.717) is 0 Å². The Labute approximate surface area is 76.6 Å². The Bertz CT molecular complexity index is 402. The lowest BCUT2D eigenvalue weighted by Crippen LogP contribution is -1.93. The molecule has 0 spiro atoms. The van der Waals surface area contributed by atoms with Crippen LogP contribution in [0.2, 0.25) is 0 Å². The van der Waals surface area contributed by atoms with Gasteiger partial charge >= 0.3 is 10.2 Å². The molecule has 66 valence electrons. The number of hydrogen-bond acceptors (Lipinski definition) is 2. The molecule has 1 rings (SSSR count). The third kappa shape index (κ3) is 2.01. The molecular weight excluding hydrogens is 254 g/mol. The largest absolute Gasteiger partial charge is 0.333 e. The van der Waals surface area contributed by atoms with E-state index in [1.807, 2.05) is 0 Å². The first-order valence-corrected chi connectivity index (χ1v) is 4.98. The zero-order chi connectivity index (χ0) is 9.35. The third-order valence-corrected chi connectivity index (χ3v) is 2.96. The molecule has 0 saturated heterocycles. The maximum absolute atomic E-state index is 12.4. The van der Waals surface area contributed by atoms with Gasteiger partial charge in [-0.25, -0.2) is 4.39 Å². The van der Waals surface area contributed by atoms with E-state index in [9.17, 15) is 16.7 Å². The normalized spacial score (nSPS) is 11.6. The molecular formula is C6H3BrF2O2S. The van der Waals surface area contributed by atoms with Crippen LogP contribution < -0.4 is 0 Å². The molecule has 0 aliphatic carbocycles. The Morgan fingerprint density at radius 1 is 1.33 bits per heavy atom. The Morgan fingerprint density at radius 2 is 1.92 bits per heavy atom. The van der Waals surface area contributed by atoms with Gasteiger partial charge in [0.2, 0.25) is 0 Å². The Balaban J connectivity index is 3.39. The second kappa shape index (κ2) is 3.10. The highest BCUT2D eigenvalue weighted by Crippen LogP contribution is 2.23. The summed E-state index contributed by atoms with van der Waals surface area (Å²) < 4.78 is 45.3. The lowest BCUT2D eigenvalue weighted by molar-refractivity contribution is 0.551. The number of rotatable bonds is 1. The molecule has 0 fully saturated rings. The summed E-state index contributed by atoms with van der Waals surface area (Å²) in [5.41, 5.74) is 0. The average Bonchev–Trinajstić information content (AvgIpc) is 1.83. The first-order chi connectivity index (χ1) is 5.41. The van der Waals surface area contributed by atoms with Gasteiger partial charge in [0.1, 0.15) is 10.7 Å². The Kier molecular flexibility index (Phi) is 2.48. The molecule has 0 aromatic heterocycles. The summed E-state index contributed by atoms with van der Waals surface area (Å²) in [4.78, 5) is -0.566. The van der Waals surface area contributed by atoms with E-state index in [2.05, 4.69) is 15.9 Å². The lowest BCUT2D eigenvalue weighted by Gasteiger charge is -1.97. The summed E-state index contributed by atoms with van der Waals surface area (Å²) >= 11 is 2.72. The highest BCUT2D eigenvalue weighted by molar-refractivity contribution is 9.10. The standard InChI is InChI=1S/C6H3BrF2O2S/c7-5-3-4(8)1-2-6(5)12(9,10)11/h1-3H. The van der Waals surface area contributed by atoms with Crippen LogP contribution in [0.4, 0.5) is 8.28 Å². The van der Waals surface area contributed by atoms with Crippen molar-refractivity contribution in [2.45, 2.75) is 4.90 Å². The van der Waals surface area contributed by atoms with E-state index in [1.165, 1.54) is 0 Å². The molecule has 0 saturated carbocycles. The fourth-order valence-corrected chi connectivity index (χ4v) is 2.13. The van der Waals surface area contributed by atoms with Crippen molar-refractivity contribution in [2.24, 2.45) is 0 Å². The average molecular weight is 257 g/mol. The quantitative estimate of drug-likeness (QED) is 0.723. The summed E-state index contributed by atoms with van der Waals surface area (Å²) in [7, 11) is -4.76. The smallest absolute Gasteiger partial charge is 0.207 e. The summed E-state index contributed by atoms with van der Waals surface area (Å²) in [6, 6.07) is 2.61. The van der Waals surface area contributed by atoms with E-state index in [-0.39, 0.29) is 4.47 Å². The van der Waals surface area contributed by atoms with Crippen LogP contribution in [0.3, 0.4) is 0 Å². The molecule has 0 heterocycles. The Morgan fingerprint density at radius 3 is 2.33 bits per heavy atom. The van der Waals surface area contributed by atoms with Crippen molar-refractivity contribution >= 4 is 26.2 Å². The molecule has 1 aromatic carbocycles. The van der Waals surface area contributed by atoms with Crippen LogP contribution in [0.1, 0.15) is 0 Å². The van der Waals surface area contributed by atoms with Gasteiger partial charge in [-0.2, -0.15) is 8.42 Å². The van der Waals surface area contributed by atoms with Crippen molar-refractivity contribution in [2.75, 3.05) is 0 Å². The molecule has 0 aliphatic rings. The topological polar surface area (TPSA) is 34.1 Å². The fourth-order valence-electron chi connectivity index (χ4n) is 0.673. The van der Waals surface area contributed by atoms with Gasteiger partial charge in [-0.15, -0.1) is 3.89 Å². The number of halogens is 3. The maximum Gasteiger partial charge on any atom is 0.333 e. The number of benzene rings is 1. The Hall–Kier alpha value is -0.490. The predicted molar refractivity (Wildman–Crippen MR) is 42.4 cm³/mol. The summed E-state index contributed by atoms with van der Waals surface area (Å²) in [6.45, 7) is 0. The molecule has 0 atom stereocenters. The predicted octanol–water partition coefficient (Wildman–Crippen LogP) is 2.25. The first kappa shape index (κ1) is 9.60. The molecule has 0 N–H and O–H groups in total. The van der Waals surface area contributed by atoms with Crippen LogP contribution >= 0.6 is 15.9 Å². The molecule has 6 heteroatoms. The van der Waals surface area contributed by atoms with Crippen molar-refractivity contribution in [1.82, 2.24) is 0 Å². The maximum atomic E-state index is 12.4. The van der Waals surface area contributed by atoms with Crippen LogP contribution in [0.5, 0.6) is 0 Å². The molecule has 0 bridgehead atoms. The van der Waals surface area contributed by atoms with E-state index in [0.717, 1.165) is 18.2 Å². The van der Waals surface area contributed by atoms with Gasteiger partial charge in [0.15, 0.2) is 0 Å².